The number of anilines is 1. The molecule has 1 saturated heterocycles. The molecule has 2 heterocycles. The number of carbonyl (C=O) groups is 2. The molecule has 2 amide bonds. The minimum Gasteiger partial charge on any atom is -0.342 e. The number of benzene rings is 1. The van der Waals surface area contributed by atoms with Crippen LogP contribution in [0, 0.1) is 5.92 Å². The Labute approximate surface area is 147 Å². The van der Waals surface area contributed by atoms with Crippen LogP contribution in [0.1, 0.15) is 32.6 Å². The summed E-state index contributed by atoms with van der Waals surface area (Å²) in [7, 11) is 0. The van der Waals surface area contributed by atoms with Crippen LogP contribution in [0.4, 0.5) is 5.69 Å². The topological polar surface area (TPSA) is 78.1 Å². The lowest BCUT2D eigenvalue weighted by Gasteiger charge is -2.32. The van der Waals surface area contributed by atoms with E-state index in [1.54, 1.807) is 6.20 Å². The first-order valence-electron chi connectivity index (χ1n) is 8.86. The standard InChI is InChI=1S/C19H24N4O2/c1-2-6-18(24)23-12-5-7-14(13-23)19(25)21-16-9-4-3-8-15(16)17-10-11-20-22-17/h3-4,8-11,14H,2,5-7,12-13H2,1H3,(H,20,22)(H,21,25). The van der Waals surface area contributed by atoms with Crippen LogP contribution in [0.2, 0.25) is 0 Å². The molecule has 3 rings (SSSR count). The van der Waals surface area contributed by atoms with Crippen molar-refractivity contribution in [3.05, 3.63) is 36.5 Å². The monoisotopic (exact) mass is 340 g/mol. The molecule has 1 aliphatic heterocycles. The second kappa shape index (κ2) is 7.96. The van der Waals surface area contributed by atoms with Gasteiger partial charge in [-0.15, -0.1) is 0 Å². The number of rotatable bonds is 5. The Kier molecular flexibility index (Phi) is 5.48. The first-order valence-corrected chi connectivity index (χ1v) is 8.86. The van der Waals surface area contributed by atoms with Crippen molar-refractivity contribution >= 4 is 17.5 Å². The van der Waals surface area contributed by atoms with Crippen molar-refractivity contribution in [2.75, 3.05) is 18.4 Å². The summed E-state index contributed by atoms with van der Waals surface area (Å²) in [6.07, 6.45) is 4.76. The predicted octanol–water partition coefficient (Wildman–Crippen LogP) is 3.05. The van der Waals surface area contributed by atoms with E-state index in [1.165, 1.54) is 0 Å². The highest BCUT2D eigenvalue weighted by Crippen LogP contribution is 2.27. The van der Waals surface area contributed by atoms with Crippen molar-refractivity contribution in [2.24, 2.45) is 5.92 Å². The van der Waals surface area contributed by atoms with Gasteiger partial charge in [-0.3, -0.25) is 14.7 Å². The Morgan fingerprint density at radius 1 is 1.32 bits per heavy atom. The van der Waals surface area contributed by atoms with Crippen LogP contribution >= 0.6 is 0 Å². The Bertz CT molecular complexity index is 727. The molecular formula is C19H24N4O2. The molecule has 1 aromatic heterocycles. The molecule has 2 aromatic rings. The maximum atomic E-state index is 12.7. The van der Waals surface area contributed by atoms with E-state index in [-0.39, 0.29) is 17.7 Å². The number of likely N-dealkylation sites (tertiary alicyclic amines) is 1. The smallest absolute Gasteiger partial charge is 0.229 e. The summed E-state index contributed by atoms with van der Waals surface area (Å²) in [5, 5.41) is 9.94. The van der Waals surface area contributed by atoms with Crippen LogP contribution in [0.3, 0.4) is 0 Å². The third kappa shape index (κ3) is 4.07. The Hall–Kier alpha value is -2.63. The number of H-pyrrole nitrogens is 1. The average Bonchev–Trinajstić information content (AvgIpc) is 3.17. The molecule has 1 unspecified atom stereocenters. The minimum absolute atomic E-state index is 0.0269. The van der Waals surface area contributed by atoms with E-state index in [0.29, 0.717) is 13.0 Å². The summed E-state index contributed by atoms with van der Waals surface area (Å²) >= 11 is 0. The second-order valence-corrected chi connectivity index (χ2v) is 6.43. The van der Waals surface area contributed by atoms with Crippen LogP contribution < -0.4 is 5.32 Å². The van der Waals surface area contributed by atoms with Crippen molar-refractivity contribution in [2.45, 2.75) is 32.6 Å². The van der Waals surface area contributed by atoms with Gasteiger partial charge in [-0.25, -0.2) is 0 Å². The number of nitrogens with zero attached hydrogens (tertiary/aromatic N) is 2. The van der Waals surface area contributed by atoms with Gasteiger partial charge in [0.25, 0.3) is 0 Å². The van der Waals surface area contributed by atoms with Crippen LogP contribution in [-0.4, -0.2) is 40.0 Å². The molecular weight excluding hydrogens is 316 g/mol. The van der Waals surface area contributed by atoms with Crippen LogP contribution in [0.15, 0.2) is 36.5 Å². The second-order valence-electron chi connectivity index (χ2n) is 6.43. The van der Waals surface area contributed by atoms with E-state index in [9.17, 15) is 9.59 Å². The lowest BCUT2D eigenvalue weighted by atomic mass is 9.96. The molecule has 6 nitrogen and oxygen atoms in total. The Morgan fingerprint density at radius 3 is 2.92 bits per heavy atom. The van der Waals surface area contributed by atoms with Crippen molar-refractivity contribution in [3.8, 4) is 11.3 Å². The number of para-hydroxylation sites is 1. The molecule has 0 spiro atoms. The minimum atomic E-state index is -0.163. The van der Waals surface area contributed by atoms with Gasteiger partial charge in [0, 0.05) is 31.3 Å². The highest BCUT2D eigenvalue weighted by molar-refractivity contribution is 5.96. The number of piperidine rings is 1. The summed E-state index contributed by atoms with van der Waals surface area (Å²) in [5.74, 6) is -0.0387. The van der Waals surface area contributed by atoms with Gasteiger partial charge in [-0.05, 0) is 31.4 Å². The van der Waals surface area contributed by atoms with E-state index in [4.69, 9.17) is 0 Å². The van der Waals surface area contributed by atoms with Gasteiger partial charge in [-0.2, -0.15) is 5.10 Å². The fourth-order valence-electron chi connectivity index (χ4n) is 3.26. The van der Waals surface area contributed by atoms with Gasteiger partial charge in [0.15, 0.2) is 0 Å². The fraction of sp³-hybridized carbons (Fsp3) is 0.421. The molecule has 0 bridgehead atoms. The summed E-state index contributed by atoms with van der Waals surface area (Å²) < 4.78 is 0. The highest BCUT2D eigenvalue weighted by Gasteiger charge is 2.28. The van der Waals surface area contributed by atoms with Crippen molar-refractivity contribution in [1.82, 2.24) is 15.1 Å². The van der Waals surface area contributed by atoms with Crippen molar-refractivity contribution in [3.63, 3.8) is 0 Å². The molecule has 1 aliphatic rings. The first-order chi connectivity index (χ1) is 12.2. The van der Waals surface area contributed by atoms with E-state index < -0.39 is 0 Å². The van der Waals surface area contributed by atoms with Crippen molar-refractivity contribution < 1.29 is 9.59 Å². The van der Waals surface area contributed by atoms with Gasteiger partial charge < -0.3 is 10.2 Å². The summed E-state index contributed by atoms with van der Waals surface area (Å²) in [6, 6.07) is 9.53. The number of aromatic amines is 1. The molecule has 132 valence electrons. The van der Waals surface area contributed by atoms with Crippen LogP contribution in [0.25, 0.3) is 11.3 Å². The number of amides is 2. The third-order valence-electron chi connectivity index (χ3n) is 4.58. The van der Waals surface area contributed by atoms with Gasteiger partial charge in [0.05, 0.1) is 17.3 Å². The third-order valence-corrected chi connectivity index (χ3v) is 4.58. The molecule has 1 aromatic carbocycles. The van der Waals surface area contributed by atoms with Gasteiger partial charge in [-0.1, -0.05) is 25.1 Å². The maximum Gasteiger partial charge on any atom is 0.229 e. The zero-order valence-electron chi connectivity index (χ0n) is 14.5. The molecule has 1 fully saturated rings. The molecule has 0 saturated carbocycles. The van der Waals surface area contributed by atoms with Gasteiger partial charge in [0.2, 0.25) is 11.8 Å². The average molecular weight is 340 g/mol. The predicted molar refractivity (Wildman–Crippen MR) is 96.9 cm³/mol. The van der Waals surface area contributed by atoms with Gasteiger partial charge >= 0.3 is 0 Å². The Balaban J connectivity index is 1.69. The summed E-state index contributed by atoms with van der Waals surface area (Å²) in [6.45, 7) is 3.27. The number of aromatic nitrogens is 2. The molecule has 2 N–H and O–H groups in total. The van der Waals surface area contributed by atoms with Crippen molar-refractivity contribution in [1.29, 1.82) is 0 Å². The van der Waals surface area contributed by atoms with Crippen LogP contribution in [0.5, 0.6) is 0 Å². The molecule has 25 heavy (non-hydrogen) atoms. The quantitative estimate of drug-likeness (QED) is 0.878. The van der Waals surface area contributed by atoms with E-state index >= 15 is 0 Å². The molecule has 1 atom stereocenters. The lowest BCUT2D eigenvalue weighted by molar-refractivity contribution is -0.134. The number of hydrogen-bond acceptors (Lipinski definition) is 3. The fourth-order valence-corrected chi connectivity index (χ4v) is 3.26. The summed E-state index contributed by atoms with van der Waals surface area (Å²) in [4.78, 5) is 26.7. The number of carbonyl (C=O) groups excluding carboxylic acids is 2. The molecule has 0 radical (unpaired) electrons. The SMILES string of the molecule is CCCC(=O)N1CCCC(C(=O)Nc2ccccc2-c2ccn[nH]2)C1. The Morgan fingerprint density at radius 2 is 2.16 bits per heavy atom. The number of nitrogens with one attached hydrogen (secondary N) is 2. The van der Waals surface area contributed by atoms with Gasteiger partial charge in [0.1, 0.15) is 0 Å². The normalized spacial score (nSPS) is 17.3. The lowest BCUT2D eigenvalue weighted by Crippen LogP contribution is -2.43. The largest absolute Gasteiger partial charge is 0.342 e. The van der Waals surface area contributed by atoms with E-state index in [0.717, 1.165) is 42.8 Å². The highest BCUT2D eigenvalue weighted by atomic mass is 16.2. The van der Waals surface area contributed by atoms with Crippen LogP contribution in [-0.2, 0) is 9.59 Å². The zero-order chi connectivity index (χ0) is 17.6. The van der Waals surface area contributed by atoms with E-state index in [1.807, 2.05) is 42.2 Å². The molecule has 0 aliphatic carbocycles. The maximum absolute atomic E-state index is 12.7. The van der Waals surface area contributed by atoms with E-state index in [2.05, 4.69) is 15.5 Å². The number of hydrogen-bond donors (Lipinski definition) is 2. The first kappa shape index (κ1) is 17.2. The zero-order valence-corrected chi connectivity index (χ0v) is 14.5. The summed E-state index contributed by atoms with van der Waals surface area (Å²) in [5.41, 5.74) is 2.52. The molecule has 6 heteroatoms.